The average Bonchev–Trinajstić information content (AvgIpc) is 2.63. The molecule has 0 saturated heterocycles. The molecular formula is C9H5BrF2N2. The molecule has 2 nitrogen and oxygen atoms in total. The van der Waals surface area contributed by atoms with E-state index in [0.29, 0.717) is 5.56 Å². The molecule has 72 valence electrons. The summed E-state index contributed by atoms with van der Waals surface area (Å²) >= 11 is 2.94. The van der Waals surface area contributed by atoms with Crippen molar-refractivity contribution in [3.05, 3.63) is 40.6 Å². The number of hydrogen-bond donors (Lipinski definition) is 1. The van der Waals surface area contributed by atoms with Gasteiger partial charge in [0.2, 0.25) is 0 Å². The highest BCUT2D eigenvalue weighted by Crippen LogP contribution is 2.28. The number of rotatable bonds is 1. The molecule has 0 unspecified atom stereocenters. The second-order valence-corrected chi connectivity index (χ2v) is 3.59. The number of H-pyrrole nitrogens is 1. The van der Waals surface area contributed by atoms with E-state index in [1.165, 1.54) is 12.4 Å². The van der Waals surface area contributed by atoms with E-state index in [4.69, 9.17) is 0 Å². The molecule has 1 aromatic heterocycles. The molecule has 0 aliphatic heterocycles. The van der Waals surface area contributed by atoms with Crippen LogP contribution in [-0.4, -0.2) is 10.2 Å². The van der Waals surface area contributed by atoms with Crippen molar-refractivity contribution in [3.8, 4) is 11.1 Å². The maximum atomic E-state index is 13.5. The SMILES string of the molecule is Fc1cc(Br)c(F)c(-c2cn[nH]c2)c1. The maximum absolute atomic E-state index is 13.5. The molecule has 0 aliphatic carbocycles. The number of aromatic nitrogens is 2. The summed E-state index contributed by atoms with van der Waals surface area (Å²) in [4.78, 5) is 0. The third kappa shape index (κ3) is 1.55. The van der Waals surface area contributed by atoms with Gasteiger partial charge in [0.25, 0.3) is 0 Å². The van der Waals surface area contributed by atoms with Gasteiger partial charge >= 0.3 is 0 Å². The van der Waals surface area contributed by atoms with Crippen molar-refractivity contribution in [2.45, 2.75) is 0 Å². The fraction of sp³-hybridized carbons (Fsp3) is 0. The van der Waals surface area contributed by atoms with Crippen molar-refractivity contribution >= 4 is 15.9 Å². The van der Waals surface area contributed by atoms with Crippen LogP contribution in [0.2, 0.25) is 0 Å². The van der Waals surface area contributed by atoms with E-state index in [-0.39, 0.29) is 10.0 Å². The Morgan fingerprint density at radius 1 is 1.29 bits per heavy atom. The monoisotopic (exact) mass is 258 g/mol. The standard InChI is InChI=1S/C9H5BrF2N2/c10-8-2-6(11)1-7(9(8)12)5-3-13-14-4-5/h1-4H,(H,13,14). The van der Waals surface area contributed by atoms with Gasteiger partial charge in [-0.15, -0.1) is 0 Å². The molecule has 0 bridgehead atoms. The number of hydrogen-bond acceptors (Lipinski definition) is 1. The first-order valence-corrected chi connectivity index (χ1v) is 4.61. The van der Waals surface area contributed by atoms with Crippen LogP contribution in [0.15, 0.2) is 29.0 Å². The summed E-state index contributed by atoms with van der Waals surface area (Å²) in [5, 5.41) is 6.21. The molecule has 0 fully saturated rings. The van der Waals surface area contributed by atoms with Gasteiger partial charge in [-0.05, 0) is 28.1 Å². The Labute approximate surface area is 87.1 Å². The van der Waals surface area contributed by atoms with Crippen molar-refractivity contribution in [2.24, 2.45) is 0 Å². The van der Waals surface area contributed by atoms with E-state index < -0.39 is 11.6 Å². The van der Waals surface area contributed by atoms with E-state index in [0.717, 1.165) is 12.1 Å². The third-order valence-electron chi connectivity index (χ3n) is 1.80. The Kier molecular flexibility index (Phi) is 2.33. The van der Waals surface area contributed by atoms with Gasteiger partial charge in [-0.2, -0.15) is 5.10 Å². The molecule has 0 radical (unpaired) electrons. The van der Waals surface area contributed by atoms with Crippen molar-refractivity contribution in [3.63, 3.8) is 0 Å². The normalized spacial score (nSPS) is 10.5. The van der Waals surface area contributed by atoms with Gasteiger partial charge in [-0.25, -0.2) is 8.78 Å². The predicted octanol–water partition coefficient (Wildman–Crippen LogP) is 3.12. The van der Waals surface area contributed by atoms with Gasteiger partial charge in [0.1, 0.15) is 11.6 Å². The first-order valence-electron chi connectivity index (χ1n) is 3.82. The Morgan fingerprint density at radius 3 is 2.71 bits per heavy atom. The molecule has 2 rings (SSSR count). The minimum Gasteiger partial charge on any atom is -0.285 e. The number of nitrogens with one attached hydrogen (secondary N) is 1. The molecule has 1 N–H and O–H groups in total. The molecule has 0 spiro atoms. The van der Waals surface area contributed by atoms with Crippen LogP contribution in [0.4, 0.5) is 8.78 Å². The zero-order chi connectivity index (χ0) is 10.1. The van der Waals surface area contributed by atoms with Crippen molar-refractivity contribution in [1.82, 2.24) is 10.2 Å². The van der Waals surface area contributed by atoms with Crippen LogP contribution in [-0.2, 0) is 0 Å². The van der Waals surface area contributed by atoms with E-state index in [1.807, 2.05) is 0 Å². The van der Waals surface area contributed by atoms with E-state index in [1.54, 1.807) is 0 Å². The fourth-order valence-electron chi connectivity index (χ4n) is 1.16. The highest BCUT2D eigenvalue weighted by atomic mass is 79.9. The molecule has 0 amide bonds. The van der Waals surface area contributed by atoms with E-state index in [9.17, 15) is 8.78 Å². The summed E-state index contributed by atoms with van der Waals surface area (Å²) in [6, 6.07) is 2.21. The summed E-state index contributed by atoms with van der Waals surface area (Å²) in [5.41, 5.74) is 0.702. The van der Waals surface area contributed by atoms with Crippen molar-refractivity contribution < 1.29 is 8.78 Å². The number of nitrogens with zero attached hydrogens (tertiary/aromatic N) is 1. The summed E-state index contributed by atoms with van der Waals surface area (Å²) in [7, 11) is 0. The lowest BCUT2D eigenvalue weighted by atomic mass is 10.1. The van der Waals surface area contributed by atoms with Crippen LogP contribution in [0.25, 0.3) is 11.1 Å². The number of aromatic amines is 1. The fourth-order valence-corrected chi connectivity index (χ4v) is 1.60. The number of benzene rings is 1. The van der Waals surface area contributed by atoms with E-state index in [2.05, 4.69) is 26.1 Å². The van der Waals surface area contributed by atoms with Crippen LogP contribution < -0.4 is 0 Å². The van der Waals surface area contributed by atoms with Crippen molar-refractivity contribution in [2.75, 3.05) is 0 Å². The van der Waals surface area contributed by atoms with Gasteiger partial charge in [0, 0.05) is 17.3 Å². The maximum Gasteiger partial charge on any atom is 0.145 e. The lowest BCUT2D eigenvalue weighted by molar-refractivity contribution is 0.597. The average molecular weight is 259 g/mol. The van der Waals surface area contributed by atoms with Crippen molar-refractivity contribution in [1.29, 1.82) is 0 Å². The second-order valence-electron chi connectivity index (χ2n) is 2.74. The molecular weight excluding hydrogens is 254 g/mol. The Morgan fingerprint density at radius 2 is 2.07 bits per heavy atom. The lowest BCUT2D eigenvalue weighted by Gasteiger charge is -2.02. The minimum absolute atomic E-state index is 0.105. The van der Waals surface area contributed by atoms with Crippen LogP contribution in [0.1, 0.15) is 0 Å². The first-order chi connectivity index (χ1) is 6.68. The molecule has 0 atom stereocenters. The lowest BCUT2D eigenvalue weighted by Crippen LogP contribution is -1.87. The molecule has 1 aromatic carbocycles. The Balaban J connectivity index is 2.64. The smallest absolute Gasteiger partial charge is 0.145 e. The van der Waals surface area contributed by atoms with Gasteiger partial charge in [-0.3, -0.25) is 5.10 Å². The molecule has 5 heteroatoms. The number of halogens is 3. The molecule has 2 aromatic rings. The molecule has 0 saturated carbocycles. The largest absolute Gasteiger partial charge is 0.285 e. The Hall–Kier alpha value is -1.23. The van der Waals surface area contributed by atoms with Crippen LogP contribution in [0.3, 0.4) is 0 Å². The molecule has 14 heavy (non-hydrogen) atoms. The summed E-state index contributed by atoms with van der Waals surface area (Å²) in [6.45, 7) is 0. The first kappa shape index (κ1) is 9.33. The highest BCUT2D eigenvalue weighted by Gasteiger charge is 2.11. The molecule has 0 aliphatic rings. The van der Waals surface area contributed by atoms with Crippen LogP contribution in [0, 0.1) is 11.6 Å². The topological polar surface area (TPSA) is 28.7 Å². The van der Waals surface area contributed by atoms with Crippen LogP contribution in [0.5, 0.6) is 0 Å². The van der Waals surface area contributed by atoms with Gasteiger partial charge in [0.15, 0.2) is 0 Å². The third-order valence-corrected chi connectivity index (χ3v) is 2.38. The van der Waals surface area contributed by atoms with Gasteiger partial charge < -0.3 is 0 Å². The molecule has 1 heterocycles. The highest BCUT2D eigenvalue weighted by molar-refractivity contribution is 9.10. The zero-order valence-electron chi connectivity index (χ0n) is 6.89. The summed E-state index contributed by atoms with van der Waals surface area (Å²) in [5.74, 6) is -0.984. The summed E-state index contributed by atoms with van der Waals surface area (Å²) in [6.07, 6.45) is 2.94. The van der Waals surface area contributed by atoms with Crippen LogP contribution >= 0.6 is 15.9 Å². The Bertz CT molecular complexity index is 454. The quantitative estimate of drug-likeness (QED) is 0.783. The second kappa shape index (κ2) is 3.49. The minimum atomic E-state index is -0.493. The van der Waals surface area contributed by atoms with E-state index >= 15 is 0 Å². The summed E-state index contributed by atoms with van der Waals surface area (Å²) < 4.78 is 26.6. The van der Waals surface area contributed by atoms with Gasteiger partial charge in [0.05, 0.1) is 10.7 Å². The predicted molar refractivity (Wildman–Crippen MR) is 51.6 cm³/mol. The van der Waals surface area contributed by atoms with Gasteiger partial charge in [-0.1, -0.05) is 0 Å². The zero-order valence-corrected chi connectivity index (χ0v) is 8.48.